The van der Waals surface area contributed by atoms with Crippen LogP contribution in [0.5, 0.6) is 5.88 Å². The van der Waals surface area contributed by atoms with Crippen molar-refractivity contribution in [2.24, 2.45) is 4.99 Å². The predicted octanol–water partition coefficient (Wildman–Crippen LogP) is 4.37. The molecule has 4 aromatic heterocycles. The second kappa shape index (κ2) is 6.84. The number of aromatic hydroxyl groups is 1. The lowest BCUT2D eigenvalue weighted by Crippen LogP contribution is -1.96. The number of aromatic amines is 1. The molecule has 4 aromatic rings. The highest BCUT2D eigenvalue weighted by Gasteiger charge is 2.16. The monoisotopic (exact) mass is 382 g/mol. The lowest BCUT2D eigenvalue weighted by Gasteiger charge is -2.05. The van der Waals surface area contributed by atoms with E-state index in [1.165, 1.54) is 6.20 Å². The molecule has 0 aliphatic rings. The van der Waals surface area contributed by atoms with Crippen LogP contribution in [0.3, 0.4) is 0 Å². The van der Waals surface area contributed by atoms with Crippen LogP contribution in [0, 0.1) is 6.92 Å². The summed E-state index contributed by atoms with van der Waals surface area (Å²) in [4.78, 5) is 15.8. The van der Waals surface area contributed by atoms with Gasteiger partial charge in [0, 0.05) is 23.3 Å². The number of nitrogens with zero attached hydrogens (tertiary/aromatic N) is 5. The fraction of sp³-hybridized carbons (Fsp3) is 0.158. The predicted molar refractivity (Wildman–Crippen MR) is 101 cm³/mol. The Bertz CT molecular complexity index is 1190. The fourth-order valence-corrected chi connectivity index (χ4v) is 3.07. The van der Waals surface area contributed by atoms with Crippen molar-refractivity contribution in [1.82, 2.24) is 24.7 Å². The smallest absolute Gasteiger partial charge is 0.333 e. The maximum atomic E-state index is 12.7. The number of fused-ring (bicyclic) bond motifs is 1. The first-order chi connectivity index (χ1) is 13.4. The Morgan fingerprint density at radius 1 is 1.29 bits per heavy atom. The molecule has 4 rings (SSSR count). The standard InChI is InChI=1S/C19H16F2N6O/c1-10-3-4-22-7-14(10)15-5-13-16(8-23-15)26-18(28)17(13)11(2)25-12-6-24-27(9-12)19(20)21/h3-9,19,26,28H,1-2H3. The number of aromatic nitrogens is 5. The minimum Gasteiger partial charge on any atom is -0.494 e. The summed E-state index contributed by atoms with van der Waals surface area (Å²) < 4.78 is 25.9. The topological polar surface area (TPSA) is 92.0 Å². The second-order valence-corrected chi connectivity index (χ2v) is 6.31. The summed E-state index contributed by atoms with van der Waals surface area (Å²) >= 11 is 0. The number of H-pyrrole nitrogens is 1. The van der Waals surface area contributed by atoms with E-state index in [9.17, 15) is 13.9 Å². The number of aryl methyl sites for hydroxylation is 1. The van der Waals surface area contributed by atoms with Gasteiger partial charge in [0.05, 0.1) is 41.1 Å². The summed E-state index contributed by atoms with van der Waals surface area (Å²) in [6, 6.07) is 3.73. The average Bonchev–Trinajstić information content (AvgIpc) is 3.25. The van der Waals surface area contributed by atoms with Gasteiger partial charge in [0.1, 0.15) is 5.69 Å². The Labute approximate surface area is 158 Å². The minimum absolute atomic E-state index is 0.0700. The molecule has 9 heteroatoms. The Balaban J connectivity index is 1.81. The Kier molecular flexibility index (Phi) is 4.34. The number of pyridine rings is 2. The van der Waals surface area contributed by atoms with Crippen molar-refractivity contribution < 1.29 is 13.9 Å². The summed E-state index contributed by atoms with van der Waals surface area (Å²) in [5, 5.41) is 14.7. The van der Waals surface area contributed by atoms with E-state index in [-0.39, 0.29) is 11.6 Å². The molecule has 0 amide bonds. The molecule has 0 fully saturated rings. The van der Waals surface area contributed by atoms with Gasteiger partial charge >= 0.3 is 6.55 Å². The van der Waals surface area contributed by atoms with Crippen molar-refractivity contribution in [3.05, 3.63) is 54.2 Å². The third kappa shape index (κ3) is 3.11. The van der Waals surface area contributed by atoms with Gasteiger partial charge < -0.3 is 10.1 Å². The highest BCUT2D eigenvalue weighted by molar-refractivity contribution is 6.13. The Morgan fingerprint density at radius 3 is 2.82 bits per heavy atom. The molecule has 28 heavy (non-hydrogen) atoms. The minimum atomic E-state index is -2.73. The average molecular weight is 382 g/mol. The van der Waals surface area contributed by atoms with E-state index < -0.39 is 6.55 Å². The summed E-state index contributed by atoms with van der Waals surface area (Å²) in [7, 11) is 0. The van der Waals surface area contributed by atoms with Crippen LogP contribution in [0.2, 0.25) is 0 Å². The van der Waals surface area contributed by atoms with Crippen molar-refractivity contribution in [3.63, 3.8) is 0 Å². The van der Waals surface area contributed by atoms with Crippen LogP contribution in [0.25, 0.3) is 22.2 Å². The molecule has 0 atom stereocenters. The van der Waals surface area contributed by atoms with Gasteiger partial charge in [-0.1, -0.05) is 0 Å². The third-order valence-electron chi connectivity index (χ3n) is 4.42. The molecule has 0 saturated carbocycles. The third-order valence-corrected chi connectivity index (χ3v) is 4.42. The molecule has 0 unspecified atom stereocenters. The largest absolute Gasteiger partial charge is 0.494 e. The van der Waals surface area contributed by atoms with Crippen LogP contribution in [0.4, 0.5) is 14.5 Å². The van der Waals surface area contributed by atoms with Crippen molar-refractivity contribution in [3.8, 4) is 17.1 Å². The fourth-order valence-electron chi connectivity index (χ4n) is 3.07. The van der Waals surface area contributed by atoms with E-state index in [0.717, 1.165) is 17.3 Å². The molecule has 0 bridgehead atoms. The number of nitrogens with one attached hydrogen (secondary N) is 1. The van der Waals surface area contributed by atoms with E-state index in [0.29, 0.717) is 32.6 Å². The molecular formula is C19H16F2N6O. The normalized spacial score (nSPS) is 12.2. The Hall–Kier alpha value is -3.62. The van der Waals surface area contributed by atoms with Gasteiger partial charge in [-0.2, -0.15) is 13.9 Å². The maximum absolute atomic E-state index is 12.7. The van der Waals surface area contributed by atoms with Gasteiger partial charge in [-0.15, -0.1) is 0 Å². The van der Waals surface area contributed by atoms with Crippen molar-refractivity contribution in [2.45, 2.75) is 20.4 Å². The zero-order chi connectivity index (χ0) is 19.8. The maximum Gasteiger partial charge on any atom is 0.333 e. The molecule has 0 saturated heterocycles. The lowest BCUT2D eigenvalue weighted by atomic mass is 10.0. The van der Waals surface area contributed by atoms with Gasteiger partial charge in [0.25, 0.3) is 0 Å². The van der Waals surface area contributed by atoms with Gasteiger partial charge in [-0.3, -0.25) is 9.97 Å². The van der Waals surface area contributed by atoms with Crippen LogP contribution in [0.1, 0.15) is 24.6 Å². The summed E-state index contributed by atoms with van der Waals surface area (Å²) in [6.07, 6.45) is 7.46. The molecule has 0 radical (unpaired) electrons. The molecule has 0 spiro atoms. The van der Waals surface area contributed by atoms with Crippen LogP contribution < -0.4 is 0 Å². The zero-order valence-electron chi connectivity index (χ0n) is 15.1. The number of hydrogen-bond donors (Lipinski definition) is 2. The van der Waals surface area contributed by atoms with Gasteiger partial charge in [0.2, 0.25) is 0 Å². The van der Waals surface area contributed by atoms with E-state index in [2.05, 4.69) is 25.0 Å². The van der Waals surface area contributed by atoms with E-state index in [4.69, 9.17) is 0 Å². The summed E-state index contributed by atoms with van der Waals surface area (Å²) in [5.74, 6) is -0.0700. The van der Waals surface area contributed by atoms with Crippen molar-refractivity contribution in [1.29, 1.82) is 0 Å². The lowest BCUT2D eigenvalue weighted by molar-refractivity contribution is 0.0566. The molecule has 142 valence electrons. The molecule has 0 aliphatic heterocycles. The van der Waals surface area contributed by atoms with Crippen molar-refractivity contribution >= 4 is 22.3 Å². The number of hydrogen-bond acceptors (Lipinski definition) is 5. The van der Waals surface area contributed by atoms with E-state index in [1.807, 2.05) is 19.1 Å². The summed E-state index contributed by atoms with van der Waals surface area (Å²) in [5.41, 5.74) is 4.44. The first-order valence-electron chi connectivity index (χ1n) is 8.43. The van der Waals surface area contributed by atoms with Crippen LogP contribution in [-0.4, -0.2) is 35.6 Å². The first kappa shape index (κ1) is 17.8. The molecule has 0 aliphatic carbocycles. The van der Waals surface area contributed by atoms with Gasteiger partial charge in [0.15, 0.2) is 5.88 Å². The van der Waals surface area contributed by atoms with Crippen molar-refractivity contribution in [2.75, 3.05) is 0 Å². The molecular weight excluding hydrogens is 366 g/mol. The molecule has 4 heterocycles. The number of rotatable bonds is 4. The molecule has 2 N–H and O–H groups in total. The van der Waals surface area contributed by atoms with Gasteiger partial charge in [-0.25, -0.2) is 9.67 Å². The zero-order valence-corrected chi connectivity index (χ0v) is 15.1. The molecule has 0 aromatic carbocycles. The van der Waals surface area contributed by atoms with E-state index >= 15 is 0 Å². The van der Waals surface area contributed by atoms with Crippen LogP contribution >= 0.6 is 0 Å². The van der Waals surface area contributed by atoms with E-state index in [1.54, 1.807) is 25.5 Å². The number of aliphatic imine (C=N–C) groups is 1. The Morgan fingerprint density at radius 2 is 2.11 bits per heavy atom. The van der Waals surface area contributed by atoms with Crippen LogP contribution in [0.15, 0.2) is 48.1 Å². The number of halogens is 2. The number of alkyl halides is 2. The van der Waals surface area contributed by atoms with Gasteiger partial charge in [-0.05, 0) is 31.5 Å². The first-order valence-corrected chi connectivity index (χ1v) is 8.43. The SMILES string of the molecule is CC(=Nc1cnn(C(F)F)c1)c1c(O)[nH]c2cnc(-c3cnccc3C)cc12. The second-order valence-electron chi connectivity index (χ2n) is 6.31. The quantitative estimate of drug-likeness (QED) is 0.513. The molecule has 7 nitrogen and oxygen atoms in total. The van der Waals surface area contributed by atoms with Crippen LogP contribution in [-0.2, 0) is 0 Å². The summed E-state index contributed by atoms with van der Waals surface area (Å²) in [6.45, 7) is 0.922. The highest BCUT2D eigenvalue weighted by Crippen LogP contribution is 2.32. The highest BCUT2D eigenvalue weighted by atomic mass is 19.3.